The predicted octanol–water partition coefficient (Wildman–Crippen LogP) is 14.6. The van der Waals surface area contributed by atoms with Crippen molar-refractivity contribution in [3.05, 3.63) is 145 Å². The SMILES string of the molecule is CC(C)Cc1ccc2ccccc2c1-c1c2ccccc2cc2c1sc1c3cc4ccccc4c(-c4c(CC(C)CO)ccc5ccccc45)c3sc21. The molecule has 1 N–H and O–H groups in total. The Morgan fingerprint density at radius 1 is 0.415 bits per heavy atom. The van der Waals surface area contributed by atoms with Gasteiger partial charge in [-0.25, -0.2) is 0 Å². The molecule has 0 aliphatic rings. The molecule has 0 fully saturated rings. The fourth-order valence-corrected chi connectivity index (χ4v) is 11.7. The van der Waals surface area contributed by atoms with Crippen molar-refractivity contribution in [3.8, 4) is 22.3 Å². The third kappa shape index (κ3) is 5.21. The highest BCUT2D eigenvalue weighted by Gasteiger charge is 2.25. The Balaban J connectivity index is 1.36. The standard InChI is InChI=1S/C50H40OS2/c1-29(2)24-35-22-20-31-12-4-8-16-37(31)43(35)45-39-18-10-6-14-33(39)26-41-47(45)52-50-42-27-34-15-7-11-19-40(34)46(48(42)53-49(41)50)44-36(25-30(3)28-51)23-21-32-13-5-9-17-38(32)44/h4-23,26-27,29-30,51H,24-25,28H2,1-3H3. The van der Waals surface area contributed by atoms with E-state index in [2.05, 4.69) is 154 Å². The second-order valence-electron chi connectivity index (χ2n) is 15.3. The lowest BCUT2D eigenvalue weighted by molar-refractivity contribution is 0.237. The maximum absolute atomic E-state index is 10.2. The van der Waals surface area contributed by atoms with Gasteiger partial charge in [-0.05, 0) is 102 Å². The molecule has 258 valence electrons. The first kappa shape index (κ1) is 32.6. The second-order valence-corrected chi connectivity index (χ2v) is 17.3. The van der Waals surface area contributed by atoms with Gasteiger partial charge in [0.2, 0.25) is 0 Å². The van der Waals surface area contributed by atoms with Gasteiger partial charge in [0.25, 0.3) is 0 Å². The smallest absolute Gasteiger partial charge is 0.0542 e. The molecule has 8 aromatic carbocycles. The molecule has 3 heteroatoms. The zero-order valence-electron chi connectivity index (χ0n) is 30.2. The van der Waals surface area contributed by atoms with E-state index < -0.39 is 0 Å². The highest BCUT2D eigenvalue weighted by atomic mass is 32.1. The van der Waals surface area contributed by atoms with Crippen LogP contribution in [0, 0.1) is 11.8 Å². The van der Waals surface area contributed by atoms with Gasteiger partial charge in [0.05, 0.1) is 9.40 Å². The highest BCUT2D eigenvalue weighted by molar-refractivity contribution is 7.37. The van der Waals surface area contributed by atoms with Crippen molar-refractivity contribution in [1.29, 1.82) is 0 Å². The van der Waals surface area contributed by atoms with E-state index >= 15 is 0 Å². The molecule has 1 unspecified atom stereocenters. The maximum Gasteiger partial charge on any atom is 0.0542 e. The molecule has 1 nitrogen and oxygen atoms in total. The summed E-state index contributed by atoms with van der Waals surface area (Å²) >= 11 is 3.95. The predicted molar refractivity (Wildman–Crippen MR) is 234 cm³/mol. The largest absolute Gasteiger partial charge is 0.396 e. The molecule has 0 bridgehead atoms. The summed E-state index contributed by atoms with van der Waals surface area (Å²) in [7, 11) is 0. The fraction of sp³-hybridized carbons (Fsp3) is 0.160. The normalized spacial score (nSPS) is 12.8. The van der Waals surface area contributed by atoms with Gasteiger partial charge in [-0.15, -0.1) is 22.7 Å². The van der Waals surface area contributed by atoms with Gasteiger partial charge in [0.15, 0.2) is 0 Å². The van der Waals surface area contributed by atoms with Gasteiger partial charge in [0, 0.05) is 37.9 Å². The van der Waals surface area contributed by atoms with Crippen LogP contribution in [0.1, 0.15) is 31.9 Å². The lowest BCUT2D eigenvalue weighted by Gasteiger charge is -2.19. The first-order valence-electron chi connectivity index (χ1n) is 18.8. The first-order chi connectivity index (χ1) is 26.0. The second kappa shape index (κ2) is 12.8. The van der Waals surface area contributed by atoms with E-state index in [-0.39, 0.29) is 12.5 Å². The average molecular weight is 721 g/mol. The summed E-state index contributed by atoms with van der Waals surface area (Å²) in [4.78, 5) is 0. The number of hydrogen-bond donors (Lipinski definition) is 1. The Morgan fingerprint density at radius 2 is 0.811 bits per heavy atom. The van der Waals surface area contributed by atoms with Crippen LogP contribution >= 0.6 is 22.7 Å². The molecule has 2 aromatic heterocycles. The number of aliphatic hydroxyl groups excluding tert-OH is 1. The van der Waals surface area contributed by atoms with Crippen LogP contribution < -0.4 is 0 Å². The van der Waals surface area contributed by atoms with Crippen LogP contribution in [-0.2, 0) is 12.8 Å². The number of fused-ring (bicyclic) bond motifs is 9. The van der Waals surface area contributed by atoms with Crippen molar-refractivity contribution in [2.45, 2.75) is 33.6 Å². The Bertz CT molecular complexity index is 3050. The van der Waals surface area contributed by atoms with Crippen LogP contribution in [0.4, 0.5) is 0 Å². The van der Waals surface area contributed by atoms with Gasteiger partial charge < -0.3 is 5.11 Å². The van der Waals surface area contributed by atoms with E-state index in [1.807, 2.05) is 22.7 Å². The molecule has 0 saturated carbocycles. The van der Waals surface area contributed by atoms with Crippen LogP contribution in [-0.4, -0.2) is 11.7 Å². The number of hydrogen-bond acceptors (Lipinski definition) is 3. The monoisotopic (exact) mass is 720 g/mol. The molecule has 0 saturated heterocycles. The molecular formula is C50H40OS2. The van der Waals surface area contributed by atoms with Crippen molar-refractivity contribution in [2.75, 3.05) is 6.61 Å². The van der Waals surface area contributed by atoms with Crippen LogP contribution in [0.2, 0.25) is 0 Å². The van der Waals surface area contributed by atoms with Gasteiger partial charge in [0.1, 0.15) is 0 Å². The molecule has 53 heavy (non-hydrogen) atoms. The molecule has 10 rings (SSSR count). The highest BCUT2D eigenvalue weighted by Crippen LogP contribution is 2.54. The summed E-state index contributed by atoms with van der Waals surface area (Å²) < 4.78 is 5.48. The van der Waals surface area contributed by atoms with Crippen molar-refractivity contribution in [1.82, 2.24) is 0 Å². The maximum atomic E-state index is 10.2. The Hall–Kier alpha value is -5.06. The minimum Gasteiger partial charge on any atom is -0.396 e. The molecule has 0 spiro atoms. The van der Waals surface area contributed by atoms with E-state index in [0.717, 1.165) is 12.8 Å². The summed E-state index contributed by atoms with van der Waals surface area (Å²) in [5, 5.41) is 23.2. The summed E-state index contributed by atoms with van der Waals surface area (Å²) in [6, 6.07) is 49.9. The van der Waals surface area contributed by atoms with Crippen LogP contribution in [0.15, 0.2) is 133 Å². The van der Waals surface area contributed by atoms with Gasteiger partial charge in [-0.2, -0.15) is 0 Å². The molecule has 2 heterocycles. The molecule has 0 aliphatic heterocycles. The first-order valence-corrected chi connectivity index (χ1v) is 20.5. The molecular weight excluding hydrogens is 681 g/mol. The van der Waals surface area contributed by atoms with E-state index in [9.17, 15) is 5.11 Å². The number of rotatable bonds is 7. The van der Waals surface area contributed by atoms with E-state index in [0.29, 0.717) is 5.92 Å². The lowest BCUT2D eigenvalue weighted by atomic mass is 9.86. The quantitative estimate of drug-likeness (QED) is 0.174. The van der Waals surface area contributed by atoms with Crippen LogP contribution in [0.25, 0.3) is 94.9 Å². The molecule has 0 aliphatic carbocycles. The zero-order chi connectivity index (χ0) is 35.8. The summed E-state index contributed by atoms with van der Waals surface area (Å²) in [6.07, 6.45) is 1.86. The lowest BCUT2D eigenvalue weighted by Crippen LogP contribution is -2.06. The van der Waals surface area contributed by atoms with Crippen molar-refractivity contribution in [3.63, 3.8) is 0 Å². The number of aliphatic hydroxyl groups is 1. The molecule has 1 atom stereocenters. The van der Waals surface area contributed by atoms with Crippen molar-refractivity contribution in [2.24, 2.45) is 11.8 Å². The van der Waals surface area contributed by atoms with E-state index in [1.54, 1.807) is 0 Å². The minimum atomic E-state index is 0.164. The van der Waals surface area contributed by atoms with Gasteiger partial charge >= 0.3 is 0 Å². The Labute approximate surface area is 317 Å². The fourth-order valence-electron chi connectivity index (χ4n) is 8.80. The van der Waals surface area contributed by atoms with Gasteiger partial charge in [-0.3, -0.25) is 0 Å². The number of benzene rings is 8. The van der Waals surface area contributed by atoms with E-state index in [1.165, 1.54) is 106 Å². The summed E-state index contributed by atoms with van der Waals surface area (Å²) in [6.45, 7) is 6.98. The topological polar surface area (TPSA) is 20.2 Å². The third-order valence-corrected chi connectivity index (χ3v) is 13.8. The molecule has 0 amide bonds. The Morgan fingerprint density at radius 3 is 1.25 bits per heavy atom. The zero-order valence-corrected chi connectivity index (χ0v) is 31.9. The Kier molecular flexibility index (Phi) is 7.87. The summed E-state index contributed by atoms with van der Waals surface area (Å²) in [5.41, 5.74) is 8.12. The summed E-state index contributed by atoms with van der Waals surface area (Å²) in [5.74, 6) is 0.708. The third-order valence-electron chi connectivity index (χ3n) is 11.1. The van der Waals surface area contributed by atoms with Crippen LogP contribution in [0.5, 0.6) is 0 Å². The van der Waals surface area contributed by atoms with E-state index in [4.69, 9.17) is 0 Å². The minimum absolute atomic E-state index is 0.164. The average Bonchev–Trinajstić information content (AvgIpc) is 3.72. The van der Waals surface area contributed by atoms with Gasteiger partial charge in [-0.1, -0.05) is 142 Å². The molecule has 10 aromatic rings. The molecule has 0 radical (unpaired) electrons. The number of thiophene rings is 2. The van der Waals surface area contributed by atoms with Crippen molar-refractivity contribution >= 4 is 95.3 Å². The van der Waals surface area contributed by atoms with Crippen molar-refractivity contribution < 1.29 is 5.11 Å². The van der Waals surface area contributed by atoms with Crippen LogP contribution in [0.3, 0.4) is 0 Å².